The number of nitrogens with zero attached hydrogens (tertiary/aromatic N) is 3. The molecule has 4 nitrogen and oxygen atoms in total. The van der Waals surface area contributed by atoms with Crippen molar-refractivity contribution in [3.8, 4) is 0 Å². The van der Waals surface area contributed by atoms with Crippen LogP contribution in [0.1, 0.15) is 32.9 Å². The average molecular weight is 238 g/mol. The van der Waals surface area contributed by atoms with Crippen molar-refractivity contribution < 1.29 is 0 Å². The molecule has 0 saturated carbocycles. The summed E-state index contributed by atoms with van der Waals surface area (Å²) in [6, 6.07) is 0.577. The lowest BCUT2D eigenvalue weighted by Crippen LogP contribution is -2.33. The highest BCUT2D eigenvalue weighted by Crippen LogP contribution is 2.12. The van der Waals surface area contributed by atoms with Gasteiger partial charge in [0.2, 0.25) is 5.95 Å². The van der Waals surface area contributed by atoms with Gasteiger partial charge in [-0.05, 0) is 12.3 Å². The molecule has 0 amide bonds. The fourth-order valence-corrected chi connectivity index (χ4v) is 2.10. The Kier molecular flexibility index (Phi) is 5.00. The Morgan fingerprint density at radius 3 is 2.47 bits per heavy atom. The Balaban J connectivity index is 2.63. The summed E-state index contributed by atoms with van der Waals surface area (Å²) in [5, 5.41) is 3.60. The van der Waals surface area contributed by atoms with Crippen molar-refractivity contribution >= 4 is 5.95 Å². The molecule has 1 heterocycles. The van der Waals surface area contributed by atoms with E-state index < -0.39 is 0 Å². The van der Waals surface area contributed by atoms with Crippen LogP contribution in [0.25, 0.3) is 0 Å². The van der Waals surface area contributed by atoms with Crippen molar-refractivity contribution in [2.45, 2.75) is 39.8 Å². The van der Waals surface area contributed by atoms with Gasteiger partial charge in [0.1, 0.15) is 0 Å². The topological polar surface area (TPSA) is 33.1 Å². The summed E-state index contributed by atoms with van der Waals surface area (Å²) in [4.78, 5) is 6.44. The molecule has 0 saturated heterocycles. The first-order valence-electron chi connectivity index (χ1n) is 6.38. The molecule has 17 heavy (non-hydrogen) atoms. The summed E-state index contributed by atoms with van der Waals surface area (Å²) in [6.07, 6.45) is 3.12. The van der Waals surface area contributed by atoms with Crippen LogP contribution >= 0.6 is 0 Å². The third-order valence-electron chi connectivity index (χ3n) is 3.25. The average Bonchev–Trinajstić information content (AvgIpc) is 2.60. The smallest absolute Gasteiger partial charge is 0.204 e. The van der Waals surface area contributed by atoms with Gasteiger partial charge in [0.05, 0.1) is 11.9 Å². The molecule has 0 bridgehead atoms. The van der Waals surface area contributed by atoms with E-state index in [0.717, 1.165) is 18.9 Å². The Hall–Kier alpha value is -1.03. The van der Waals surface area contributed by atoms with Gasteiger partial charge in [-0.25, -0.2) is 4.98 Å². The van der Waals surface area contributed by atoms with Crippen molar-refractivity contribution in [1.29, 1.82) is 0 Å². The largest absolute Gasteiger partial charge is 0.348 e. The molecule has 98 valence electrons. The van der Waals surface area contributed by atoms with E-state index in [0.29, 0.717) is 12.0 Å². The van der Waals surface area contributed by atoms with Gasteiger partial charge in [-0.3, -0.25) is 0 Å². The molecule has 1 aromatic heterocycles. The zero-order chi connectivity index (χ0) is 13.0. The summed E-state index contributed by atoms with van der Waals surface area (Å²) >= 11 is 0. The second-order valence-corrected chi connectivity index (χ2v) is 5.14. The summed E-state index contributed by atoms with van der Waals surface area (Å²) in [6.45, 7) is 7.63. The predicted molar refractivity (Wildman–Crippen MR) is 73.3 cm³/mol. The normalized spacial score (nSPS) is 13.1. The number of anilines is 1. The van der Waals surface area contributed by atoms with Crippen LogP contribution in [0.4, 0.5) is 5.95 Å². The van der Waals surface area contributed by atoms with Crippen molar-refractivity contribution in [2.24, 2.45) is 13.0 Å². The molecule has 1 atom stereocenters. The van der Waals surface area contributed by atoms with Crippen LogP contribution in [0, 0.1) is 5.92 Å². The molecule has 1 rings (SSSR count). The van der Waals surface area contributed by atoms with Gasteiger partial charge in [-0.15, -0.1) is 0 Å². The van der Waals surface area contributed by atoms with E-state index in [1.165, 1.54) is 5.69 Å². The summed E-state index contributed by atoms with van der Waals surface area (Å²) in [5.41, 5.74) is 1.23. The molecule has 0 radical (unpaired) electrons. The first kappa shape index (κ1) is 14.0. The van der Waals surface area contributed by atoms with Gasteiger partial charge in [-0.2, -0.15) is 0 Å². The van der Waals surface area contributed by atoms with Crippen LogP contribution in [-0.4, -0.2) is 29.7 Å². The van der Waals surface area contributed by atoms with E-state index >= 15 is 0 Å². The van der Waals surface area contributed by atoms with Crippen molar-refractivity contribution in [1.82, 2.24) is 14.9 Å². The Morgan fingerprint density at radius 1 is 1.41 bits per heavy atom. The van der Waals surface area contributed by atoms with E-state index in [1.54, 1.807) is 0 Å². The fraction of sp³-hybridized carbons (Fsp3) is 0.769. The lowest BCUT2D eigenvalue weighted by molar-refractivity contribution is 0.384. The molecule has 0 spiro atoms. The van der Waals surface area contributed by atoms with Crippen LogP contribution in [0.5, 0.6) is 0 Å². The minimum absolute atomic E-state index is 0.577. The molecule has 1 N–H and O–H groups in total. The van der Waals surface area contributed by atoms with Crippen LogP contribution in [-0.2, 0) is 13.6 Å². The van der Waals surface area contributed by atoms with Gasteiger partial charge >= 0.3 is 0 Å². The molecule has 1 unspecified atom stereocenters. The maximum absolute atomic E-state index is 4.41. The second kappa shape index (κ2) is 6.05. The Labute approximate surface area is 105 Å². The van der Waals surface area contributed by atoms with Gasteiger partial charge in [0.25, 0.3) is 0 Å². The van der Waals surface area contributed by atoms with Gasteiger partial charge in [-0.1, -0.05) is 20.8 Å². The number of hydrogen-bond donors (Lipinski definition) is 1. The van der Waals surface area contributed by atoms with E-state index in [1.807, 2.05) is 25.2 Å². The number of nitrogens with one attached hydrogen (secondary N) is 1. The minimum atomic E-state index is 0.577. The maximum atomic E-state index is 4.41. The highest BCUT2D eigenvalue weighted by atomic mass is 15.3. The number of aromatic nitrogens is 2. The Bertz CT molecular complexity index is 341. The molecule has 0 aliphatic rings. The SMILES string of the molecule is CCC(NCc1cnc(N(C)C)n1C)C(C)C. The second-order valence-electron chi connectivity index (χ2n) is 5.14. The van der Waals surface area contributed by atoms with Crippen LogP contribution in [0.3, 0.4) is 0 Å². The van der Waals surface area contributed by atoms with Crippen molar-refractivity contribution in [3.63, 3.8) is 0 Å². The highest BCUT2D eigenvalue weighted by molar-refractivity contribution is 5.30. The molecular formula is C13H26N4. The van der Waals surface area contributed by atoms with E-state index in [2.05, 4.69) is 42.7 Å². The first-order chi connectivity index (χ1) is 7.97. The number of imidazole rings is 1. The fourth-order valence-electron chi connectivity index (χ4n) is 2.10. The van der Waals surface area contributed by atoms with Gasteiger partial charge in [0, 0.05) is 33.7 Å². The zero-order valence-electron chi connectivity index (χ0n) is 12.0. The van der Waals surface area contributed by atoms with Gasteiger partial charge < -0.3 is 14.8 Å². The summed E-state index contributed by atoms with van der Waals surface area (Å²) in [5.74, 6) is 1.67. The molecule has 1 aromatic rings. The third-order valence-corrected chi connectivity index (χ3v) is 3.25. The first-order valence-corrected chi connectivity index (χ1v) is 6.38. The van der Waals surface area contributed by atoms with Crippen molar-refractivity contribution in [3.05, 3.63) is 11.9 Å². The minimum Gasteiger partial charge on any atom is -0.348 e. The number of rotatable bonds is 6. The monoisotopic (exact) mass is 238 g/mol. The summed E-state index contributed by atoms with van der Waals surface area (Å²) < 4.78 is 2.14. The standard InChI is InChI=1S/C13H26N4/c1-7-12(10(2)3)14-8-11-9-15-13(16(4)5)17(11)6/h9-10,12,14H,7-8H2,1-6H3. The van der Waals surface area contributed by atoms with Crippen molar-refractivity contribution in [2.75, 3.05) is 19.0 Å². The van der Waals surface area contributed by atoms with E-state index in [4.69, 9.17) is 0 Å². The Morgan fingerprint density at radius 2 is 2.06 bits per heavy atom. The quantitative estimate of drug-likeness (QED) is 0.823. The molecule has 0 aliphatic heterocycles. The van der Waals surface area contributed by atoms with Crippen LogP contribution < -0.4 is 10.2 Å². The predicted octanol–water partition coefficient (Wildman–Crippen LogP) is 2.01. The third kappa shape index (κ3) is 3.46. The zero-order valence-corrected chi connectivity index (χ0v) is 12.0. The lowest BCUT2D eigenvalue weighted by Gasteiger charge is -2.21. The molecule has 0 aromatic carbocycles. The van der Waals surface area contributed by atoms with E-state index in [-0.39, 0.29) is 0 Å². The molecular weight excluding hydrogens is 212 g/mol. The maximum Gasteiger partial charge on any atom is 0.204 e. The molecule has 0 fully saturated rings. The highest BCUT2D eigenvalue weighted by Gasteiger charge is 2.12. The van der Waals surface area contributed by atoms with Crippen LogP contribution in [0.2, 0.25) is 0 Å². The molecule has 4 heteroatoms. The number of hydrogen-bond acceptors (Lipinski definition) is 3. The summed E-state index contributed by atoms with van der Waals surface area (Å²) in [7, 11) is 6.10. The van der Waals surface area contributed by atoms with Gasteiger partial charge in [0.15, 0.2) is 0 Å². The van der Waals surface area contributed by atoms with E-state index in [9.17, 15) is 0 Å². The molecule has 0 aliphatic carbocycles. The lowest BCUT2D eigenvalue weighted by atomic mass is 10.0. The van der Waals surface area contributed by atoms with Crippen LogP contribution in [0.15, 0.2) is 6.20 Å².